The van der Waals surface area contributed by atoms with Crippen molar-refractivity contribution >= 4 is 16.7 Å². The summed E-state index contributed by atoms with van der Waals surface area (Å²) in [5.41, 5.74) is 1.91. The minimum Gasteiger partial charge on any atom is -0.502 e. The molecule has 0 spiro atoms. The van der Waals surface area contributed by atoms with Crippen LogP contribution in [0.15, 0.2) is 91.2 Å². The maximum absolute atomic E-state index is 12.0. The summed E-state index contributed by atoms with van der Waals surface area (Å²) in [6.07, 6.45) is 1.52. The van der Waals surface area contributed by atoms with E-state index in [-0.39, 0.29) is 0 Å². The summed E-state index contributed by atoms with van der Waals surface area (Å²) in [6.45, 7) is 0. The molecule has 0 radical (unpaired) electrons. The summed E-state index contributed by atoms with van der Waals surface area (Å²) in [5, 5.41) is 20.6. The average molecular weight is 357 g/mol. The number of para-hydroxylation sites is 1. The van der Waals surface area contributed by atoms with Gasteiger partial charge in [-0.1, -0.05) is 78.0 Å². The molecule has 0 amide bonds. The van der Waals surface area contributed by atoms with Gasteiger partial charge in [0.1, 0.15) is 17.5 Å². The van der Waals surface area contributed by atoms with Gasteiger partial charge in [-0.05, 0) is 23.3 Å². The highest BCUT2D eigenvalue weighted by Crippen LogP contribution is 2.39. The van der Waals surface area contributed by atoms with Gasteiger partial charge in [-0.15, -0.1) is 5.10 Å². The lowest BCUT2D eigenvalue weighted by molar-refractivity contribution is 0.134. The van der Waals surface area contributed by atoms with Crippen LogP contribution in [-0.2, 0) is 10.3 Å². The molecule has 5 heteroatoms. The van der Waals surface area contributed by atoms with E-state index in [0.29, 0.717) is 16.8 Å². The normalized spacial score (nSPS) is 12.3. The van der Waals surface area contributed by atoms with Crippen LogP contribution >= 0.6 is 0 Å². The summed E-state index contributed by atoms with van der Waals surface area (Å²) in [4.78, 5) is 0. The van der Waals surface area contributed by atoms with Crippen molar-refractivity contribution in [1.82, 2.24) is 15.0 Å². The van der Waals surface area contributed by atoms with Gasteiger partial charge in [-0.25, -0.2) is 4.68 Å². The maximum atomic E-state index is 12.0. The smallest absolute Gasteiger partial charge is 0.160 e. The van der Waals surface area contributed by atoms with Gasteiger partial charge in [-0.3, -0.25) is 0 Å². The average Bonchev–Trinajstić information content (AvgIpc) is 3.16. The molecule has 0 saturated carbocycles. The predicted molar refractivity (Wildman–Crippen MR) is 105 cm³/mol. The fraction of sp³-hybridized carbons (Fsp3) is 0.0909. The molecule has 0 atom stereocenters. The first-order valence-electron chi connectivity index (χ1n) is 8.63. The summed E-state index contributed by atoms with van der Waals surface area (Å²) in [5.74, 6) is 0. The summed E-state index contributed by atoms with van der Waals surface area (Å²) in [7, 11) is 1.55. The highest BCUT2D eigenvalue weighted by molar-refractivity contribution is 5.80. The van der Waals surface area contributed by atoms with E-state index < -0.39 is 5.60 Å². The topological polar surface area (TPSA) is 60.2 Å². The first-order valence-corrected chi connectivity index (χ1v) is 8.63. The Labute approximate surface area is 157 Å². The molecule has 4 aromatic rings. The third-order valence-electron chi connectivity index (χ3n) is 4.56. The molecule has 1 aromatic heterocycles. The molecule has 1 N–H and O–H groups in total. The van der Waals surface area contributed by atoms with Gasteiger partial charge in [0.25, 0.3) is 0 Å². The van der Waals surface area contributed by atoms with E-state index >= 15 is 0 Å². The second-order valence-electron chi connectivity index (χ2n) is 6.17. The van der Waals surface area contributed by atoms with E-state index in [9.17, 15) is 5.11 Å². The Kier molecular flexibility index (Phi) is 4.44. The van der Waals surface area contributed by atoms with E-state index in [1.54, 1.807) is 11.8 Å². The Bertz CT molecular complexity index is 1030. The summed E-state index contributed by atoms with van der Waals surface area (Å²) >= 11 is 0. The molecule has 0 fully saturated rings. The van der Waals surface area contributed by atoms with Crippen LogP contribution < -0.4 is 0 Å². The van der Waals surface area contributed by atoms with Gasteiger partial charge >= 0.3 is 0 Å². The van der Waals surface area contributed by atoms with E-state index in [1.165, 1.54) is 6.26 Å². The maximum Gasteiger partial charge on any atom is 0.160 e. The molecule has 27 heavy (non-hydrogen) atoms. The molecule has 0 saturated heterocycles. The van der Waals surface area contributed by atoms with Crippen molar-refractivity contribution in [2.75, 3.05) is 7.11 Å². The first-order chi connectivity index (χ1) is 13.2. The zero-order valence-corrected chi connectivity index (χ0v) is 14.9. The van der Waals surface area contributed by atoms with Gasteiger partial charge in [0, 0.05) is 0 Å². The number of hydrogen-bond acceptors (Lipinski definition) is 4. The molecule has 0 aliphatic rings. The molecule has 134 valence electrons. The highest BCUT2D eigenvalue weighted by atomic mass is 16.5. The Morgan fingerprint density at radius 2 is 1.44 bits per heavy atom. The number of nitrogens with zero attached hydrogens (tertiary/aromatic N) is 3. The number of hydrogen-bond donors (Lipinski definition) is 1. The van der Waals surface area contributed by atoms with Crippen molar-refractivity contribution in [1.29, 1.82) is 0 Å². The standard InChI is InChI=1S/C22H19N3O2/c1-27-16-21(25-20-15-9-8-14-19(20)23-24-25)22(26,17-10-4-2-5-11-17)18-12-6-3-7-13-18/h2-16,26H,1H3/b21-16-. The van der Waals surface area contributed by atoms with Gasteiger partial charge in [0.05, 0.1) is 12.6 Å². The second-order valence-corrected chi connectivity index (χ2v) is 6.17. The molecule has 5 nitrogen and oxygen atoms in total. The SMILES string of the molecule is CO/C=C(\n1nnc2ccccc21)C(O)(c1ccccc1)c1ccccc1. The Morgan fingerprint density at radius 1 is 0.889 bits per heavy atom. The van der Waals surface area contributed by atoms with Crippen molar-refractivity contribution < 1.29 is 9.84 Å². The molecule has 4 rings (SSSR count). The minimum absolute atomic E-state index is 0.455. The third-order valence-corrected chi connectivity index (χ3v) is 4.56. The molecule has 0 bridgehead atoms. The number of ether oxygens (including phenoxy) is 1. The number of methoxy groups -OCH3 is 1. The van der Waals surface area contributed by atoms with E-state index in [0.717, 1.165) is 11.0 Å². The summed E-state index contributed by atoms with van der Waals surface area (Å²) in [6, 6.07) is 26.6. The van der Waals surface area contributed by atoms with Crippen LogP contribution in [0.5, 0.6) is 0 Å². The number of fused-ring (bicyclic) bond motifs is 1. The van der Waals surface area contributed by atoms with E-state index in [1.807, 2.05) is 84.9 Å². The van der Waals surface area contributed by atoms with Gasteiger partial charge in [0.15, 0.2) is 5.60 Å². The summed E-state index contributed by atoms with van der Waals surface area (Å²) < 4.78 is 6.98. The molecule has 1 heterocycles. The molecule has 0 unspecified atom stereocenters. The van der Waals surface area contributed by atoms with Crippen LogP contribution in [-0.4, -0.2) is 27.2 Å². The van der Waals surface area contributed by atoms with Crippen LogP contribution in [0.2, 0.25) is 0 Å². The van der Waals surface area contributed by atoms with Crippen molar-refractivity contribution in [3.63, 3.8) is 0 Å². The van der Waals surface area contributed by atoms with E-state index in [2.05, 4.69) is 10.3 Å². The van der Waals surface area contributed by atoms with Crippen molar-refractivity contribution in [3.05, 3.63) is 102 Å². The largest absolute Gasteiger partial charge is 0.502 e. The fourth-order valence-corrected chi connectivity index (χ4v) is 3.27. The van der Waals surface area contributed by atoms with Crippen molar-refractivity contribution in [2.24, 2.45) is 0 Å². The van der Waals surface area contributed by atoms with Crippen molar-refractivity contribution in [2.45, 2.75) is 5.60 Å². The van der Waals surface area contributed by atoms with Crippen LogP contribution in [0, 0.1) is 0 Å². The fourth-order valence-electron chi connectivity index (χ4n) is 3.27. The first kappa shape index (κ1) is 17.0. The molecular weight excluding hydrogens is 338 g/mol. The monoisotopic (exact) mass is 357 g/mol. The number of aliphatic hydroxyl groups is 1. The van der Waals surface area contributed by atoms with Crippen LogP contribution in [0.25, 0.3) is 16.7 Å². The zero-order valence-electron chi connectivity index (χ0n) is 14.9. The number of rotatable bonds is 5. The highest BCUT2D eigenvalue weighted by Gasteiger charge is 2.39. The van der Waals surface area contributed by atoms with Crippen LogP contribution in [0.4, 0.5) is 0 Å². The predicted octanol–water partition coefficient (Wildman–Crippen LogP) is 3.81. The lowest BCUT2D eigenvalue weighted by atomic mass is 9.83. The zero-order chi connectivity index (χ0) is 18.7. The molecule has 0 aliphatic heterocycles. The number of aromatic nitrogens is 3. The Morgan fingerprint density at radius 3 is 2.04 bits per heavy atom. The van der Waals surface area contributed by atoms with Crippen molar-refractivity contribution in [3.8, 4) is 0 Å². The quantitative estimate of drug-likeness (QED) is 0.552. The Hall–Kier alpha value is -3.44. The number of benzene rings is 3. The molecule has 0 aliphatic carbocycles. The van der Waals surface area contributed by atoms with E-state index in [4.69, 9.17) is 4.74 Å². The second kappa shape index (κ2) is 7.05. The van der Waals surface area contributed by atoms with Gasteiger partial charge in [-0.2, -0.15) is 0 Å². The lowest BCUT2D eigenvalue weighted by Crippen LogP contribution is -2.32. The Balaban J connectivity index is 2.01. The molecule has 3 aromatic carbocycles. The lowest BCUT2D eigenvalue weighted by Gasteiger charge is -2.31. The van der Waals surface area contributed by atoms with Crippen LogP contribution in [0.1, 0.15) is 11.1 Å². The minimum atomic E-state index is -1.48. The van der Waals surface area contributed by atoms with Gasteiger partial charge < -0.3 is 9.84 Å². The van der Waals surface area contributed by atoms with Gasteiger partial charge in [0.2, 0.25) is 0 Å². The van der Waals surface area contributed by atoms with Crippen LogP contribution in [0.3, 0.4) is 0 Å². The third kappa shape index (κ3) is 2.88. The molecular formula is C22H19N3O2.